The standard InChI is InChI=1S/C21H26BrFN2O2.2ClH/c22-19-4-7-21(27-16-17-2-5-20(23)6-3-17)18(14-19)15-24-8-1-9-25-10-12-26-13-11-25;;/h2-7,14,24H,1,8-13,15-16H2;2*1H. The summed E-state index contributed by atoms with van der Waals surface area (Å²) in [6.45, 7) is 7.00. The summed E-state index contributed by atoms with van der Waals surface area (Å²) >= 11 is 3.53. The first-order chi connectivity index (χ1) is 13.2. The Morgan fingerprint density at radius 1 is 1.07 bits per heavy atom. The van der Waals surface area contributed by atoms with Crippen molar-refractivity contribution >= 4 is 40.7 Å². The number of halogens is 4. The minimum Gasteiger partial charge on any atom is -0.489 e. The number of nitrogens with zero attached hydrogens (tertiary/aromatic N) is 1. The van der Waals surface area contributed by atoms with E-state index < -0.39 is 0 Å². The molecule has 1 heterocycles. The lowest BCUT2D eigenvalue weighted by Crippen LogP contribution is -2.37. The normalized spacial score (nSPS) is 14.0. The average molecular weight is 510 g/mol. The molecular weight excluding hydrogens is 482 g/mol. The molecule has 0 saturated carbocycles. The van der Waals surface area contributed by atoms with Gasteiger partial charge in [0.15, 0.2) is 0 Å². The summed E-state index contributed by atoms with van der Waals surface area (Å²) in [6.07, 6.45) is 1.11. The molecule has 0 bridgehead atoms. The van der Waals surface area contributed by atoms with Gasteiger partial charge in [0.2, 0.25) is 0 Å². The van der Waals surface area contributed by atoms with E-state index in [0.29, 0.717) is 6.61 Å². The second kappa shape index (κ2) is 14.2. The van der Waals surface area contributed by atoms with Crippen molar-refractivity contribution in [3.05, 3.63) is 63.9 Å². The summed E-state index contributed by atoms with van der Waals surface area (Å²) in [6, 6.07) is 12.4. The first kappa shape index (κ1) is 26.1. The van der Waals surface area contributed by atoms with Gasteiger partial charge in [-0.05, 0) is 55.4 Å². The molecule has 3 rings (SSSR count). The summed E-state index contributed by atoms with van der Waals surface area (Å²) in [5, 5.41) is 3.51. The maximum atomic E-state index is 13.0. The fourth-order valence-electron chi connectivity index (χ4n) is 3.04. The molecule has 0 aliphatic carbocycles. The fourth-order valence-corrected chi connectivity index (χ4v) is 3.45. The Morgan fingerprint density at radius 2 is 1.79 bits per heavy atom. The van der Waals surface area contributed by atoms with E-state index in [1.54, 1.807) is 12.1 Å². The smallest absolute Gasteiger partial charge is 0.124 e. The number of morpholine rings is 1. The Kier molecular flexibility index (Phi) is 12.8. The van der Waals surface area contributed by atoms with Crippen molar-refractivity contribution in [3.63, 3.8) is 0 Å². The van der Waals surface area contributed by atoms with Gasteiger partial charge in [0.05, 0.1) is 13.2 Å². The lowest BCUT2D eigenvalue weighted by atomic mass is 10.2. The van der Waals surface area contributed by atoms with E-state index >= 15 is 0 Å². The van der Waals surface area contributed by atoms with Gasteiger partial charge >= 0.3 is 0 Å². The molecule has 1 aliphatic rings. The molecule has 2 aromatic carbocycles. The summed E-state index contributed by atoms with van der Waals surface area (Å²) < 4.78 is 25.4. The summed E-state index contributed by atoms with van der Waals surface area (Å²) in [5.74, 6) is 0.618. The highest BCUT2D eigenvalue weighted by atomic mass is 79.9. The van der Waals surface area contributed by atoms with Crippen LogP contribution in [0.2, 0.25) is 0 Å². The molecule has 29 heavy (non-hydrogen) atoms. The summed E-state index contributed by atoms with van der Waals surface area (Å²) in [5.41, 5.74) is 2.06. The van der Waals surface area contributed by atoms with E-state index in [0.717, 1.165) is 73.7 Å². The van der Waals surface area contributed by atoms with Gasteiger partial charge in [-0.25, -0.2) is 4.39 Å². The van der Waals surface area contributed by atoms with E-state index in [9.17, 15) is 4.39 Å². The van der Waals surface area contributed by atoms with Crippen LogP contribution in [-0.4, -0.2) is 44.3 Å². The molecule has 1 saturated heterocycles. The van der Waals surface area contributed by atoms with E-state index in [1.165, 1.54) is 12.1 Å². The zero-order valence-electron chi connectivity index (χ0n) is 16.2. The highest BCUT2D eigenvalue weighted by molar-refractivity contribution is 9.10. The van der Waals surface area contributed by atoms with Crippen LogP contribution in [-0.2, 0) is 17.9 Å². The molecular formula is C21H28BrCl2FN2O2. The van der Waals surface area contributed by atoms with Gasteiger partial charge in [0, 0.05) is 29.7 Å². The SMILES string of the molecule is Cl.Cl.Fc1ccc(COc2ccc(Br)cc2CNCCCN2CCOCC2)cc1. The molecule has 0 unspecified atom stereocenters. The van der Waals surface area contributed by atoms with Gasteiger partial charge in [-0.3, -0.25) is 4.90 Å². The fraction of sp³-hybridized carbons (Fsp3) is 0.429. The van der Waals surface area contributed by atoms with Crippen LogP contribution in [0.25, 0.3) is 0 Å². The molecule has 1 aliphatic heterocycles. The minimum atomic E-state index is -0.232. The summed E-state index contributed by atoms with van der Waals surface area (Å²) in [7, 11) is 0. The van der Waals surface area contributed by atoms with Crippen LogP contribution in [0.4, 0.5) is 4.39 Å². The zero-order valence-corrected chi connectivity index (χ0v) is 19.5. The Morgan fingerprint density at radius 3 is 2.52 bits per heavy atom. The Labute approximate surface area is 193 Å². The maximum absolute atomic E-state index is 13.0. The highest BCUT2D eigenvalue weighted by Crippen LogP contribution is 2.24. The van der Waals surface area contributed by atoms with Crippen molar-refractivity contribution in [1.82, 2.24) is 10.2 Å². The average Bonchev–Trinajstić information content (AvgIpc) is 2.69. The monoisotopic (exact) mass is 508 g/mol. The summed E-state index contributed by atoms with van der Waals surface area (Å²) in [4.78, 5) is 2.45. The van der Waals surface area contributed by atoms with Crippen LogP contribution in [0, 0.1) is 5.82 Å². The molecule has 0 amide bonds. The van der Waals surface area contributed by atoms with Gasteiger partial charge in [0.25, 0.3) is 0 Å². The molecule has 8 heteroatoms. The molecule has 4 nitrogen and oxygen atoms in total. The van der Waals surface area contributed by atoms with Crippen molar-refractivity contribution in [1.29, 1.82) is 0 Å². The van der Waals surface area contributed by atoms with E-state index in [2.05, 4.69) is 32.2 Å². The van der Waals surface area contributed by atoms with Crippen LogP contribution in [0.15, 0.2) is 46.9 Å². The number of ether oxygens (including phenoxy) is 2. The number of nitrogens with one attached hydrogen (secondary N) is 1. The number of rotatable bonds is 9. The zero-order chi connectivity index (χ0) is 18.9. The van der Waals surface area contributed by atoms with E-state index in [4.69, 9.17) is 9.47 Å². The Hall–Kier alpha value is -0.890. The first-order valence-electron chi connectivity index (χ1n) is 9.37. The largest absolute Gasteiger partial charge is 0.489 e. The van der Waals surface area contributed by atoms with Crippen molar-refractivity contribution in [2.45, 2.75) is 19.6 Å². The highest BCUT2D eigenvalue weighted by Gasteiger charge is 2.09. The Bertz CT molecular complexity index is 716. The maximum Gasteiger partial charge on any atom is 0.124 e. The van der Waals surface area contributed by atoms with Gasteiger partial charge in [-0.1, -0.05) is 28.1 Å². The third-order valence-corrected chi connectivity index (χ3v) is 5.07. The van der Waals surface area contributed by atoms with Crippen molar-refractivity contribution in [2.24, 2.45) is 0 Å². The predicted molar refractivity (Wildman–Crippen MR) is 123 cm³/mol. The molecule has 162 valence electrons. The topological polar surface area (TPSA) is 33.7 Å². The Balaban J connectivity index is 0.00000210. The van der Waals surface area contributed by atoms with E-state index in [1.807, 2.05) is 12.1 Å². The molecule has 0 radical (unpaired) electrons. The molecule has 0 atom stereocenters. The number of benzene rings is 2. The van der Waals surface area contributed by atoms with Crippen LogP contribution < -0.4 is 10.1 Å². The first-order valence-corrected chi connectivity index (χ1v) is 10.2. The lowest BCUT2D eigenvalue weighted by Gasteiger charge is -2.26. The van der Waals surface area contributed by atoms with Crippen molar-refractivity contribution < 1.29 is 13.9 Å². The lowest BCUT2D eigenvalue weighted by molar-refractivity contribution is 0.0374. The van der Waals surface area contributed by atoms with Crippen LogP contribution in [0.1, 0.15) is 17.5 Å². The van der Waals surface area contributed by atoms with Gasteiger partial charge in [-0.15, -0.1) is 24.8 Å². The third kappa shape index (κ3) is 9.20. The number of hydrogen-bond acceptors (Lipinski definition) is 4. The van der Waals surface area contributed by atoms with Gasteiger partial charge < -0.3 is 14.8 Å². The van der Waals surface area contributed by atoms with Gasteiger partial charge in [0.1, 0.15) is 18.2 Å². The molecule has 0 spiro atoms. The molecule has 1 fully saturated rings. The second-order valence-electron chi connectivity index (χ2n) is 6.65. The number of hydrogen-bond donors (Lipinski definition) is 1. The van der Waals surface area contributed by atoms with Crippen molar-refractivity contribution in [2.75, 3.05) is 39.4 Å². The van der Waals surface area contributed by atoms with E-state index in [-0.39, 0.29) is 30.6 Å². The molecule has 0 aromatic heterocycles. The van der Waals surface area contributed by atoms with Crippen molar-refractivity contribution in [3.8, 4) is 5.75 Å². The molecule has 2 aromatic rings. The second-order valence-corrected chi connectivity index (χ2v) is 7.57. The van der Waals surface area contributed by atoms with Crippen LogP contribution >= 0.6 is 40.7 Å². The molecule has 1 N–H and O–H groups in total. The predicted octanol–water partition coefficient (Wildman–Crippen LogP) is 4.82. The quantitative estimate of drug-likeness (QED) is 0.491. The van der Waals surface area contributed by atoms with Crippen LogP contribution in [0.3, 0.4) is 0 Å². The van der Waals surface area contributed by atoms with Crippen LogP contribution in [0.5, 0.6) is 5.75 Å². The van der Waals surface area contributed by atoms with Gasteiger partial charge in [-0.2, -0.15) is 0 Å². The minimum absolute atomic E-state index is 0. The third-order valence-electron chi connectivity index (χ3n) is 4.58.